The molecule has 0 aromatic heterocycles. The first-order valence-electron chi connectivity index (χ1n) is 6.65. The van der Waals surface area contributed by atoms with Crippen LogP contribution in [0.25, 0.3) is 0 Å². The lowest BCUT2D eigenvalue weighted by Gasteiger charge is -2.13. The summed E-state index contributed by atoms with van der Waals surface area (Å²) < 4.78 is 19.4. The normalized spacial score (nSPS) is 10.9. The van der Waals surface area contributed by atoms with Crippen LogP contribution in [0.5, 0.6) is 5.75 Å². The zero-order valence-electron chi connectivity index (χ0n) is 11.9. The first kappa shape index (κ1) is 14.9. The molecule has 0 saturated carbocycles. The molecule has 0 N–H and O–H groups in total. The van der Waals surface area contributed by atoms with Crippen molar-refractivity contribution in [3.05, 3.63) is 63.9 Å². The third-order valence-electron chi connectivity index (χ3n) is 3.31. The molecular weight excluding hydrogens is 275 g/mol. The Morgan fingerprint density at radius 2 is 1.95 bits per heavy atom. The van der Waals surface area contributed by atoms with Crippen molar-refractivity contribution >= 4 is 11.6 Å². The van der Waals surface area contributed by atoms with Gasteiger partial charge in [0.2, 0.25) is 0 Å². The second-order valence-electron chi connectivity index (χ2n) is 5.17. The van der Waals surface area contributed by atoms with E-state index >= 15 is 0 Å². The van der Waals surface area contributed by atoms with Gasteiger partial charge >= 0.3 is 0 Å². The summed E-state index contributed by atoms with van der Waals surface area (Å²) in [5.41, 5.74) is 2.62. The van der Waals surface area contributed by atoms with Crippen LogP contribution >= 0.6 is 11.6 Å². The number of ether oxygens (including phenoxy) is 1. The van der Waals surface area contributed by atoms with Gasteiger partial charge in [0.1, 0.15) is 18.2 Å². The summed E-state index contributed by atoms with van der Waals surface area (Å²) in [6.45, 7) is 6.36. The van der Waals surface area contributed by atoms with Crippen LogP contribution in [0.1, 0.15) is 36.5 Å². The highest BCUT2D eigenvalue weighted by atomic mass is 35.5. The fraction of sp³-hybridized carbons (Fsp3) is 0.294. The number of aryl methyl sites for hydroxylation is 1. The van der Waals surface area contributed by atoms with E-state index in [-0.39, 0.29) is 12.4 Å². The van der Waals surface area contributed by atoms with Gasteiger partial charge in [0.05, 0.1) is 5.02 Å². The smallest absolute Gasteiger partial charge is 0.131 e. The van der Waals surface area contributed by atoms with Crippen LogP contribution in [0.3, 0.4) is 0 Å². The molecule has 2 rings (SSSR count). The topological polar surface area (TPSA) is 9.23 Å². The Morgan fingerprint density at radius 1 is 1.20 bits per heavy atom. The van der Waals surface area contributed by atoms with E-state index in [1.165, 1.54) is 11.6 Å². The molecule has 0 atom stereocenters. The first-order valence-corrected chi connectivity index (χ1v) is 7.03. The van der Waals surface area contributed by atoms with Crippen molar-refractivity contribution in [2.45, 2.75) is 33.3 Å². The van der Waals surface area contributed by atoms with Crippen molar-refractivity contribution in [3.8, 4) is 5.75 Å². The summed E-state index contributed by atoms with van der Waals surface area (Å²) in [5, 5.41) is 0.391. The molecule has 0 aliphatic carbocycles. The Bertz CT molecular complexity index is 588. The highest BCUT2D eigenvalue weighted by molar-refractivity contribution is 6.31. The molecule has 0 fully saturated rings. The third-order valence-corrected chi connectivity index (χ3v) is 3.67. The fourth-order valence-electron chi connectivity index (χ4n) is 1.95. The lowest BCUT2D eigenvalue weighted by atomic mass is 10.0. The van der Waals surface area contributed by atoms with Gasteiger partial charge in [-0.25, -0.2) is 4.39 Å². The maximum Gasteiger partial charge on any atom is 0.131 e. The monoisotopic (exact) mass is 292 g/mol. The quantitative estimate of drug-likeness (QED) is 0.724. The number of rotatable bonds is 4. The van der Waals surface area contributed by atoms with E-state index in [0.29, 0.717) is 16.5 Å². The summed E-state index contributed by atoms with van der Waals surface area (Å²) in [4.78, 5) is 0. The van der Waals surface area contributed by atoms with Crippen molar-refractivity contribution in [1.82, 2.24) is 0 Å². The van der Waals surface area contributed by atoms with Crippen molar-refractivity contribution in [3.63, 3.8) is 0 Å². The number of hydrogen-bond donors (Lipinski definition) is 0. The summed E-state index contributed by atoms with van der Waals surface area (Å²) in [5.74, 6) is 0.862. The van der Waals surface area contributed by atoms with E-state index in [1.54, 1.807) is 12.1 Å². The van der Waals surface area contributed by atoms with Crippen LogP contribution < -0.4 is 4.74 Å². The predicted molar refractivity (Wildman–Crippen MR) is 81.0 cm³/mol. The third kappa shape index (κ3) is 3.31. The van der Waals surface area contributed by atoms with E-state index in [2.05, 4.69) is 19.9 Å². The molecule has 0 heterocycles. The fourth-order valence-corrected chi connectivity index (χ4v) is 2.17. The van der Waals surface area contributed by atoms with Crippen LogP contribution in [0.15, 0.2) is 36.4 Å². The highest BCUT2D eigenvalue weighted by Crippen LogP contribution is 2.26. The second-order valence-corrected chi connectivity index (χ2v) is 5.58. The van der Waals surface area contributed by atoms with Crippen molar-refractivity contribution in [2.24, 2.45) is 0 Å². The van der Waals surface area contributed by atoms with E-state index in [9.17, 15) is 4.39 Å². The average molecular weight is 293 g/mol. The summed E-state index contributed by atoms with van der Waals surface area (Å²) in [6.07, 6.45) is 0. The summed E-state index contributed by atoms with van der Waals surface area (Å²) in [7, 11) is 0. The molecule has 0 bridgehead atoms. The number of benzene rings is 2. The molecule has 0 unspecified atom stereocenters. The molecule has 0 radical (unpaired) electrons. The Morgan fingerprint density at radius 3 is 2.60 bits per heavy atom. The molecule has 20 heavy (non-hydrogen) atoms. The van der Waals surface area contributed by atoms with Gasteiger partial charge < -0.3 is 4.74 Å². The Kier molecular flexibility index (Phi) is 4.66. The van der Waals surface area contributed by atoms with Gasteiger partial charge in [0.15, 0.2) is 0 Å². The van der Waals surface area contributed by atoms with Crippen LogP contribution in [-0.4, -0.2) is 0 Å². The molecule has 0 aliphatic heterocycles. The first-order chi connectivity index (χ1) is 9.49. The van der Waals surface area contributed by atoms with E-state index < -0.39 is 0 Å². The highest BCUT2D eigenvalue weighted by Gasteiger charge is 2.10. The van der Waals surface area contributed by atoms with Crippen molar-refractivity contribution < 1.29 is 9.13 Å². The van der Waals surface area contributed by atoms with Gasteiger partial charge in [-0.05, 0) is 42.2 Å². The zero-order chi connectivity index (χ0) is 14.7. The van der Waals surface area contributed by atoms with Crippen molar-refractivity contribution in [1.29, 1.82) is 0 Å². The van der Waals surface area contributed by atoms with E-state index in [4.69, 9.17) is 16.3 Å². The van der Waals surface area contributed by atoms with E-state index in [0.717, 1.165) is 11.3 Å². The number of hydrogen-bond acceptors (Lipinski definition) is 1. The Hall–Kier alpha value is -1.54. The Labute approximate surface area is 124 Å². The molecule has 106 valence electrons. The largest absolute Gasteiger partial charge is 0.488 e. The minimum Gasteiger partial charge on any atom is -0.488 e. The van der Waals surface area contributed by atoms with Crippen LogP contribution in [-0.2, 0) is 6.61 Å². The Balaban J connectivity index is 2.20. The molecular formula is C17H18ClFO. The lowest BCUT2D eigenvalue weighted by molar-refractivity contribution is 0.297. The molecule has 0 spiro atoms. The zero-order valence-corrected chi connectivity index (χ0v) is 12.7. The molecule has 3 heteroatoms. The van der Waals surface area contributed by atoms with Gasteiger partial charge in [0.25, 0.3) is 0 Å². The molecule has 0 aliphatic rings. The molecule has 1 nitrogen and oxygen atoms in total. The minimum absolute atomic E-state index is 0.133. The minimum atomic E-state index is -0.338. The lowest BCUT2D eigenvalue weighted by Crippen LogP contribution is -2.01. The summed E-state index contributed by atoms with van der Waals surface area (Å²) in [6, 6.07) is 10.8. The predicted octanol–water partition coefficient (Wildman–Crippen LogP) is 5.49. The summed E-state index contributed by atoms with van der Waals surface area (Å²) >= 11 is 6.00. The van der Waals surface area contributed by atoms with Gasteiger partial charge in [-0.2, -0.15) is 0 Å². The SMILES string of the molecule is Cc1ccc(C(C)C)cc1OCc1c(F)cccc1Cl. The van der Waals surface area contributed by atoms with Gasteiger partial charge in [0, 0.05) is 5.56 Å². The van der Waals surface area contributed by atoms with Crippen LogP contribution in [0, 0.1) is 12.7 Å². The second kappa shape index (κ2) is 6.27. The van der Waals surface area contributed by atoms with Crippen LogP contribution in [0.2, 0.25) is 5.02 Å². The molecule has 0 amide bonds. The van der Waals surface area contributed by atoms with E-state index in [1.807, 2.05) is 19.1 Å². The van der Waals surface area contributed by atoms with Crippen molar-refractivity contribution in [2.75, 3.05) is 0 Å². The molecule has 2 aromatic carbocycles. The standard InChI is InChI=1S/C17H18ClFO/c1-11(2)13-8-7-12(3)17(9-13)20-10-14-15(18)5-4-6-16(14)19/h4-9,11H,10H2,1-3H3. The maximum atomic E-state index is 13.7. The van der Waals surface area contributed by atoms with Crippen LogP contribution in [0.4, 0.5) is 4.39 Å². The average Bonchev–Trinajstić information content (AvgIpc) is 2.39. The number of halogens is 2. The van der Waals surface area contributed by atoms with Gasteiger partial charge in [-0.1, -0.05) is 43.6 Å². The molecule has 0 saturated heterocycles. The maximum absolute atomic E-state index is 13.7. The molecule has 2 aromatic rings. The van der Waals surface area contributed by atoms with Gasteiger partial charge in [-0.3, -0.25) is 0 Å². The van der Waals surface area contributed by atoms with Gasteiger partial charge in [-0.15, -0.1) is 0 Å².